The third-order valence-corrected chi connectivity index (χ3v) is 8.15. The summed E-state index contributed by atoms with van der Waals surface area (Å²) in [7, 11) is 2.02. The SMILES string of the molecule is C=C(F)C(=O)N1CCN(c2nc(OC[C@@H]3CCCN3C)nc3c2COC(c2ccccc2C(F)(F)F)C3)C[C@@H]1CC#N. The number of hydrogen-bond donors (Lipinski definition) is 0. The Bertz CT molecular complexity index is 1380. The van der Waals surface area contributed by atoms with E-state index < -0.39 is 35.6 Å². The molecule has 224 valence electrons. The van der Waals surface area contributed by atoms with Crippen molar-refractivity contribution in [2.24, 2.45) is 0 Å². The Kier molecular flexibility index (Phi) is 8.65. The number of benzene rings is 1. The topological polar surface area (TPSA) is 94.8 Å². The highest BCUT2D eigenvalue weighted by Crippen LogP contribution is 2.41. The lowest BCUT2D eigenvalue weighted by atomic mass is 9.95. The second kappa shape index (κ2) is 12.2. The first-order valence-corrected chi connectivity index (χ1v) is 13.8. The number of nitrogens with zero attached hydrogens (tertiary/aromatic N) is 6. The molecule has 0 radical (unpaired) electrons. The molecule has 1 aromatic heterocycles. The van der Waals surface area contributed by atoms with Gasteiger partial charge in [0.05, 0.1) is 42.5 Å². The predicted molar refractivity (Wildman–Crippen MR) is 144 cm³/mol. The smallest absolute Gasteiger partial charge is 0.416 e. The van der Waals surface area contributed by atoms with Crippen molar-refractivity contribution in [1.82, 2.24) is 19.8 Å². The van der Waals surface area contributed by atoms with Crippen LogP contribution in [0.15, 0.2) is 36.7 Å². The molecule has 0 N–H and O–H groups in total. The largest absolute Gasteiger partial charge is 0.462 e. The van der Waals surface area contributed by atoms with E-state index in [1.54, 1.807) is 6.07 Å². The monoisotopic (exact) mass is 588 g/mol. The van der Waals surface area contributed by atoms with Gasteiger partial charge in [0.2, 0.25) is 0 Å². The fourth-order valence-corrected chi connectivity index (χ4v) is 5.90. The van der Waals surface area contributed by atoms with Gasteiger partial charge in [0.15, 0.2) is 5.83 Å². The molecule has 13 heteroatoms. The van der Waals surface area contributed by atoms with E-state index >= 15 is 0 Å². The average Bonchev–Trinajstić information content (AvgIpc) is 3.39. The van der Waals surface area contributed by atoms with Gasteiger partial charge in [-0.2, -0.15) is 28.4 Å². The first-order valence-electron chi connectivity index (χ1n) is 13.8. The number of carbonyl (C=O) groups is 1. The van der Waals surface area contributed by atoms with E-state index in [1.807, 2.05) is 11.9 Å². The number of likely N-dealkylation sites (N-methyl/N-ethyl adjacent to an activating group) is 1. The molecule has 5 rings (SSSR count). The van der Waals surface area contributed by atoms with E-state index in [0.29, 0.717) is 23.7 Å². The Balaban J connectivity index is 1.47. The van der Waals surface area contributed by atoms with Crippen LogP contribution in [0.25, 0.3) is 0 Å². The number of ether oxygens (including phenoxy) is 2. The van der Waals surface area contributed by atoms with Crippen LogP contribution in [0.3, 0.4) is 0 Å². The van der Waals surface area contributed by atoms with E-state index in [0.717, 1.165) is 25.5 Å². The minimum absolute atomic E-state index is 0.0264. The minimum Gasteiger partial charge on any atom is -0.462 e. The van der Waals surface area contributed by atoms with Gasteiger partial charge < -0.3 is 24.2 Å². The van der Waals surface area contributed by atoms with E-state index in [1.165, 1.54) is 17.0 Å². The first kappa shape index (κ1) is 29.7. The molecule has 3 aliphatic rings. The van der Waals surface area contributed by atoms with Gasteiger partial charge in [0, 0.05) is 37.7 Å². The molecule has 1 aromatic carbocycles. The van der Waals surface area contributed by atoms with Crippen LogP contribution in [0.5, 0.6) is 6.01 Å². The van der Waals surface area contributed by atoms with Crippen LogP contribution < -0.4 is 9.64 Å². The zero-order chi connectivity index (χ0) is 30.0. The van der Waals surface area contributed by atoms with Crippen LogP contribution in [0.4, 0.5) is 23.4 Å². The lowest BCUT2D eigenvalue weighted by molar-refractivity contribution is -0.139. The Labute approximate surface area is 241 Å². The van der Waals surface area contributed by atoms with Gasteiger partial charge in [-0.15, -0.1) is 0 Å². The molecule has 2 fully saturated rings. The Morgan fingerprint density at radius 3 is 2.69 bits per heavy atom. The highest BCUT2D eigenvalue weighted by atomic mass is 19.4. The molecule has 1 unspecified atom stereocenters. The molecule has 2 aromatic rings. The molecule has 1 amide bonds. The number of rotatable bonds is 7. The number of alkyl halides is 3. The van der Waals surface area contributed by atoms with Crippen molar-refractivity contribution in [1.29, 1.82) is 5.26 Å². The highest BCUT2D eigenvalue weighted by molar-refractivity contribution is 5.91. The van der Waals surface area contributed by atoms with Crippen LogP contribution >= 0.6 is 0 Å². The maximum Gasteiger partial charge on any atom is 0.416 e. The second-order valence-corrected chi connectivity index (χ2v) is 10.8. The number of piperazine rings is 1. The number of amides is 1. The molecule has 0 bridgehead atoms. The molecule has 4 heterocycles. The van der Waals surface area contributed by atoms with Crippen LogP contribution in [-0.4, -0.2) is 77.6 Å². The average molecular weight is 589 g/mol. The molecular weight excluding hydrogens is 556 g/mol. The van der Waals surface area contributed by atoms with Gasteiger partial charge in [0.25, 0.3) is 5.91 Å². The molecular formula is C29H32F4N6O3. The molecule has 0 spiro atoms. The summed E-state index contributed by atoms with van der Waals surface area (Å²) in [5, 5.41) is 9.39. The van der Waals surface area contributed by atoms with Crippen LogP contribution in [0.2, 0.25) is 0 Å². The maximum absolute atomic E-state index is 13.8. The third-order valence-electron chi connectivity index (χ3n) is 8.15. The summed E-state index contributed by atoms with van der Waals surface area (Å²) in [6.07, 6.45) is -3.39. The highest BCUT2D eigenvalue weighted by Gasteiger charge is 2.39. The van der Waals surface area contributed by atoms with Crippen molar-refractivity contribution >= 4 is 11.7 Å². The van der Waals surface area contributed by atoms with Crippen molar-refractivity contribution in [3.8, 4) is 12.1 Å². The summed E-state index contributed by atoms with van der Waals surface area (Å²) in [5.41, 5.74) is 0.378. The maximum atomic E-state index is 13.8. The Morgan fingerprint density at radius 2 is 2.00 bits per heavy atom. The Hall–Kier alpha value is -3.76. The molecule has 3 aliphatic heterocycles. The summed E-state index contributed by atoms with van der Waals surface area (Å²) in [5.74, 6) is -1.50. The van der Waals surface area contributed by atoms with E-state index in [2.05, 4.69) is 27.5 Å². The molecule has 9 nitrogen and oxygen atoms in total. The summed E-state index contributed by atoms with van der Waals surface area (Å²) in [4.78, 5) is 27.1. The molecule has 0 aliphatic carbocycles. The van der Waals surface area contributed by atoms with E-state index in [4.69, 9.17) is 9.47 Å². The predicted octanol–water partition coefficient (Wildman–Crippen LogP) is 4.20. The number of nitriles is 1. The number of anilines is 1. The van der Waals surface area contributed by atoms with Gasteiger partial charge in [-0.1, -0.05) is 24.8 Å². The fourth-order valence-electron chi connectivity index (χ4n) is 5.90. The van der Waals surface area contributed by atoms with Gasteiger partial charge in [-0.25, -0.2) is 4.39 Å². The molecule has 2 saturated heterocycles. The van der Waals surface area contributed by atoms with Crippen molar-refractivity contribution < 1.29 is 31.8 Å². The minimum atomic E-state index is -4.55. The van der Waals surface area contributed by atoms with Crippen LogP contribution in [0, 0.1) is 11.3 Å². The number of hydrogen-bond acceptors (Lipinski definition) is 8. The van der Waals surface area contributed by atoms with Crippen molar-refractivity contribution in [3.63, 3.8) is 0 Å². The van der Waals surface area contributed by atoms with Crippen LogP contribution in [0.1, 0.15) is 47.8 Å². The van der Waals surface area contributed by atoms with Crippen molar-refractivity contribution in [2.45, 2.75) is 56.7 Å². The Morgan fingerprint density at radius 1 is 1.21 bits per heavy atom. The molecule has 0 saturated carbocycles. The molecule has 3 atom stereocenters. The quantitative estimate of drug-likeness (QED) is 0.351. The molecule has 42 heavy (non-hydrogen) atoms. The number of aromatic nitrogens is 2. The standard InChI is InChI=1S/C29H32F4N6O3/c1-18(30)27(40)39-13-12-38(15-19(39)9-10-34)26-22-17-41-25(21-7-3-4-8-23(21)29(31,32)33)14-24(22)35-28(36-26)42-16-20-6-5-11-37(20)2/h3-4,7-8,19-20,25H,1,5-6,9,11-17H2,2H3/t19-,20-,25?/m0/s1. The van der Waals surface area contributed by atoms with Gasteiger partial charge >= 0.3 is 12.2 Å². The normalized spacial score (nSPS) is 22.9. The van der Waals surface area contributed by atoms with Crippen molar-refractivity contribution in [2.75, 3.05) is 44.7 Å². The summed E-state index contributed by atoms with van der Waals surface area (Å²) in [6, 6.07) is 7.05. The number of halogens is 4. The third kappa shape index (κ3) is 6.19. The number of carbonyl (C=O) groups excluding carboxylic acids is 1. The zero-order valence-electron chi connectivity index (χ0n) is 23.2. The zero-order valence-corrected chi connectivity index (χ0v) is 23.2. The van der Waals surface area contributed by atoms with E-state index in [-0.39, 0.29) is 56.7 Å². The van der Waals surface area contributed by atoms with E-state index in [9.17, 15) is 27.6 Å². The van der Waals surface area contributed by atoms with Gasteiger partial charge in [-0.3, -0.25) is 4.79 Å². The number of likely N-dealkylation sites (tertiary alicyclic amines) is 1. The summed E-state index contributed by atoms with van der Waals surface area (Å²) < 4.78 is 67.1. The fraction of sp³-hybridized carbons (Fsp3) is 0.517. The van der Waals surface area contributed by atoms with Crippen molar-refractivity contribution in [3.05, 3.63) is 59.1 Å². The summed E-state index contributed by atoms with van der Waals surface area (Å²) >= 11 is 0. The lowest BCUT2D eigenvalue weighted by Gasteiger charge is -2.42. The van der Waals surface area contributed by atoms with Gasteiger partial charge in [-0.05, 0) is 38.1 Å². The first-order chi connectivity index (χ1) is 20.1. The second-order valence-electron chi connectivity index (χ2n) is 10.8. The summed E-state index contributed by atoms with van der Waals surface area (Å²) in [6.45, 7) is 4.94. The number of fused-ring (bicyclic) bond motifs is 1. The van der Waals surface area contributed by atoms with Gasteiger partial charge in [0.1, 0.15) is 12.4 Å². The van der Waals surface area contributed by atoms with Crippen LogP contribution in [-0.2, 0) is 28.7 Å². The lowest BCUT2D eigenvalue weighted by Crippen LogP contribution is -2.55.